The van der Waals surface area contributed by atoms with Gasteiger partial charge in [-0.3, -0.25) is 0 Å². The summed E-state index contributed by atoms with van der Waals surface area (Å²) in [6, 6.07) is 0. The standard InChI is InChI=1S/C12H21F2N3O2S/c13-12(14)4-5-16(9-12)20(18,19)17-8-10(7-15)6-11(17)2-1-3-11/h10H,1-9,15H2. The maximum absolute atomic E-state index is 13.3. The van der Waals surface area contributed by atoms with Crippen molar-refractivity contribution in [2.45, 2.75) is 43.6 Å². The van der Waals surface area contributed by atoms with E-state index >= 15 is 0 Å². The van der Waals surface area contributed by atoms with Gasteiger partial charge >= 0.3 is 0 Å². The van der Waals surface area contributed by atoms with Crippen LogP contribution < -0.4 is 5.73 Å². The molecule has 0 aromatic heterocycles. The van der Waals surface area contributed by atoms with Gasteiger partial charge in [-0.1, -0.05) is 0 Å². The number of hydrogen-bond acceptors (Lipinski definition) is 3. The van der Waals surface area contributed by atoms with Crippen molar-refractivity contribution >= 4 is 10.2 Å². The lowest BCUT2D eigenvalue weighted by Gasteiger charge is -2.45. The number of rotatable bonds is 3. The molecule has 3 aliphatic rings. The summed E-state index contributed by atoms with van der Waals surface area (Å²) in [5, 5.41) is 0. The SMILES string of the molecule is NCC1CN(S(=O)(=O)N2CCC(F)(F)C2)C2(CCC2)C1. The van der Waals surface area contributed by atoms with Crippen LogP contribution in [0.1, 0.15) is 32.1 Å². The summed E-state index contributed by atoms with van der Waals surface area (Å²) in [6.45, 7) is 0.0508. The van der Waals surface area contributed by atoms with Crippen LogP contribution in [0.3, 0.4) is 0 Å². The molecule has 1 spiro atoms. The van der Waals surface area contributed by atoms with Crippen LogP contribution in [0.4, 0.5) is 8.78 Å². The fourth-order valence-electron chi connectivity index (χ4n) is 3.71. The first-order valence-corrected chi connectivity index (χ1v) is 8.55. The summed E-state index contributed by atoms with van der Waals surface area (Å²) in [7, 11) is -3.79. The van der Waals surface area contributed by atoms with Crippen LogP contribution >= 0.6 is 0 Å². The van der Waals surface area contributed by atoms with Crippen molar-refractivity contribution in [3.8, 4) is 0 Å². The first-order chi connectivity index (χ1) is 9.29. The highest BCUT2D eigenvalue weighted by atomic mass is 32.2. The van der Waals surface area contributed by atoms with Crippen LogP contribution in [-0.2, 0) is 10.2 Å². The third-order valence-corrected chi connectivity index (χ3v) is 7.04. The Morgan fingerprint density at radius 2 is 1.95 bits per heavy atom. The lowest BCUT2D eigenvalue weighted by molar-refractivity contribution is 0.0173. The van der Waals surface area contributed by atoms with E-state index in [0.717, 1.165) is 30.0 Å². The molecule has 116 valence electrons. The summed E-state index contributed by atoms with van der Waals surface area (Å²) in [6.07, 6.45) is 3.04. The lowest BCUT2D eigenvalue weighted by Crippen LogP contribution is -2.56. The Kier molecular flexibility index (Phi) is 3.36. The average Bonchev–Trinajstić information content (AvgIpc) is 2.89. The first-order valence-electron chi connectivity index (χ1n) is 7.15. The number of hydrogen-bond donors (Lipinski definition) is 1. The smallest absolute Gasteiger partial charge is 0.282 e. The largest absolute Gasteiger partial charge is 0.330 e. The molecule has 2 heterocycles. The zero-order valence-corrected chi connectivity index (χ0v) is 12.2. The van der Waals surface area contributed by atoms with E-state index in [0.29, 0.717) is 13.1 Å². The van der Waals surface area contributed by atoms with Gasteiger partial charge in [0, 0.05) is 25.0 Å². The second-order valence-electron chi connectivity index (χ2n) is 6.36. The molecule has 3 rings (SSSR count). The molecule has 20 heavy (non-hydrogen) atoms. The Bertz CT molecular complexity index is 493. The van der Waals surface area contributed by atoms with Gasteiger partial charge in [0.15, 0.2) is 0 Å². The fourth-order valence-corrected chi connectivity index (χ4v) is 5.81. The van der Waals surface area contributed by atoms with Crippen molar-refractivity contribution in [1.82, 2.24) is 8.61 Å². The molecular weight excluding hydrogens is 288 g/mol. The molecule has 1 atom stereocenters. The van der Waals surface area contributed by atoms with Gasteiger partial charge in [-0.2, -0.15) is 17.0 Å². The van der Waals surface area contributed by atoms with Gasteiger partial charge in [-0.05, 0) is 38.1 Å². The van der Waals surface area contributed by atoms with Crippen LogP contribution in [0, 0.1) is 5.92 Å². The summed E-state index contributed by atoms with van der Waals surface area (Å²) in [5.74, 6) is -2.75. The summed E-state index contributed by atoms with van der Waals surface area (Å²) >= 11 is 0. The van der Waals surface area contributed by atoms with Gasteiger partial charge in [0.05, 0.1) is 6.54 Å². The van der Waals surface area contributed by atoms with Crippen molar-refractivity contribution < 1.29 is 17.2 Å². The van der Waals surface area contributed by atoms with E-state index in [1.807, 2.05) is 0 Å². The zero-order chi connectivity index (χ0) is 14.6. The molecule has 1 aliphatic carbocycles. The molecule has 1 unspecified atom stereocenters. The number of alkyl halides is 2. The monoisotopic (exact) mass is 309 g/mol. The normalized spacial score (nSPS) is 33.6. The minimum Gasteiger partial charge on any atom is -0.330 e. The maximum atomic E-state index is 13.3. The third-order valence-electron chi connectivity index (χ3n) is 4.98. The van der Waals surface area contributed by atoms with Crippen molar-refractivity contribution in [3.63, 3.8) is 0 Å². The van der Waals surface area contributed by atoms with Crippen LogP contribution in [0.5, 0.6) is 0 Å². The fraction of sp³-hybridized carbons (Fsp3) is 1.00. The summed E-state index contributed by atoms with van der Waals surface area (Å²) in [4.78, 5) is 0. The second-order valence-corrected chi connectivity index (χ2v) is 8.21. The number of halogens is 2. The molecule has 3 fully saturated rings. The molecule has 8 heteroatoms. The Balaban J connectivity index is 1.84. The van der Waals surface area contributed by atoms with E-state index < -0.39 is 22.7 Å². The molecular formula is C12H21F2N3O2S. The molecule has 0 radical (unpaired) electrons. The van der Waals surface area contributed by atoms with Crippen molar-refractivity contribution in [1.29, 1.82) is 0 Å². The minimum atomic E-state index is -3.79. The molecule has 5 nitrogen and oxygen atoms in total. The highest BCUT2D eigenvalue weighted by Crippen LogP contribution is 2.49. The van der Waals surface area contributed by atoms with Gasteiger partial charge in [-0.15, -0.1) is 0 Å². The molecule has 1 saturated carbocycles. The highest BCUT2D eigenvalue weighted by Gasteiger charge is 2.56. The highest BCUT2D eigenvalue weighted by molar-refractivity contribution is 7.86. The first kappa shape index (κ1) is 14.6. The molecule has 2 saturated heterocycles. The van der Waals surface area contributed by atoms with Gasteiger partial charge in [-0.25, -0.2) is 8.78 Å². The van der Waals surface area contributed by atoms with Crippen LogP contribution in [0.25, 0.3) is 0 Å². The zero-order valence-electron chi connectivity index (χ0n) is 11.4. The molecule has 0 amide bonds. The van der Waals surface area contributed by atoms with Crippen LogP contribution in [-0.4, -0.2) is 54.7 Å². The predicted octanol–water partition coefficient (Wildman–Crippen LogP) is 0.775. The topological polar surface area (TPSA) is 66.6 Å². The van der Waals surface area contributed by atoms with Gasteiger partial charge in [0.2, 0.25) is 0 Å². The van der Waals surface area contributed by atoms with Crippen LogP contribution in [0.15, 0.2) is 0 Å². The van der Waals surface area contributed by atoms with E-state index in [9.17, 15) is 17.2 Å². The van der Waals surface area contributed by atoms with E-state index in [2.05, 4.69) is 0 Å². The lowest BCUT2D eigenvalue weighted by atomic mass is 9.74. The summed E-state index contributed by atoms with van der Waals surface area (Å²) in [5.41, 5.74) is 5.33. The van der Waals surface area contributed by atoms with Crippen molar-refractivity contribution in [2.75, 3.05) is 26.2 Å². The van der Waals surface area contributed by atoms with Gasteiger partial charge < -0.3 is 5.73 Å². The number of nitrogens with zero attached hydrogens (tertiary/aromatic N) is 2. The number of nitrogens with two attached hydrogens (primary N) is 1. The van der Waals surface area contributed by atoms with E-state index in [1.165, 1.54) is 4.31 Å². The Morgan fingerprint density at radius 3 is 2.40 bits per heavy atom. The average molecular weight is 309 g/mol. The molecule has 2 N–H and O–H groups in total. The predicted molar refractivity (Wildman–Crippen MR) is 70.5 cm³/mol. The Labute approximate surface area is 118 Å². The summed E-state index contributed by atoms with van der Waals surface area (Å²) < 4.78 is 54.4. The van der Waals surface area contributed by atoms with E-state index in [4.69, 9.17) is 5.73 Å². The Hall–Kier alpha value is -0.310. The second kappa shape index (κ2) is 4.59. The molecule has 2 aliphatic heterocycles. The van der Waals surface area contributed by atoms with Crippen molar-refractivity contribution in [2.24, 2.45) is 11.7 Å². The molecule has 0 bridgehead atoms. The molecule has 0 aromatic rings. The third kappa shape index (κ3) is 2.17. The van der Waals surface area contributed by atoms with E-state index in [-0.39, 0.29) is 24.4 Å². The van der Waals surface area contributed by atoms with Crippen LogP contribution in [0.2, 0.25) is 0 Å². The van der Waals surface area contributed by atoms with Gasteiger partial charge in [0.25, 0.3) is 16.1 Å². The molecule has 0 aromatic carbocycles. The van der Waals surface area contributed by atoms with E-state index in [1.54, 1.807) is 0 Å². The maximum Gasteiger partial charge on any atom is 0.282 e. The van der Waals surface area contributed by atoms with Crippen molar-refractivity contribution in [3.05, 3.63) is 0 Å². The Morgan fingerprint density at radius 1 is 1.25 bits per heavy atom. The van der Waals surface area contributed by atoms with Gasteiger partial charge in [0.1, 0.15) is 0 Å². The minimum absolute atomic E-state index is 0.0881. The quantitative estimate of drug-likeness (QED) is 0.837.